The summed E-state index contributed by atoms with van der Waals surface area (Å²) in [5.74, 6) is -1.51. The second kappa shape index (κ2) is 5.79. The van der Waals surface area contributed by atoms with Crippen LogP contribution in [0.25, 0.3) is 0 Å². The van der Waals surface area contributed by atoms with Crippen LogP contribution in [-0.4, -0.2) is 32.1 Å². The van der Waals surface area contributed by atoms with Crippen molar-refractivity contribution in [2.45, 2.75) is 6.42 Å². The minimum atomic E-state index is -0.611. The third kappa shape index (κ3) is 3.08. The first-order chi connectivity index (χ1) is 9.11. The van der Waals surface area contributed by atoms with Crippen LogP contribution in [0.5, 0.6) is 0 Å². The van der Waals surface area contributed by atoms with E-state index in [0.717, 1.165) is 25.1 Å². The fourth-order valence-corrected chi connectivity index (χ4v) is 2.02. The van der Waals surface area contributed by atoms with E-state index in [9.17, 15) is 14.0 Å². The monoisotopic (exact) mass is 266 g/mol. The number of rotatable bonds is 3. The summed E-state index contributed by atoms with van der Waals surface area (Å²) in [4.78, 5) is 23.5. The van der Waals surface area contributed by atoms with Gasteiger partial charge in [-0.05, 0) is 31.2 Å². The number of amides is 1. The number of benzene rings is 1. The van der Waals surface area contributed by atoms with Crippen LogP contribution in [0, 0.1) is 11.7 Å². The highest BCUT2D eigenvalue weighted by Gasteiger charge is 2.24. The molecule has 0 saturated carbocycles. The molecule has 1 saturated heterocycles. The molecule has 5 nitrogen and oxygen atoms in total. The van der Waals surface area contributed by atoms with Crippen molar-refractivity contribution < 1.29 is 18.7 Å². The molecule has 0 bridgehead atoms. The molecule has 0 spiro atoms. The maximum absolute atomic E-state index is 13.2. The topological polar surface area (TPSA) is 67.4 Å². The van der Waals surface area contributed by atoms with E-state index in [2.05, 4.69) is 15.4 Å². The van der Waals surface area contributed by atoms with E-state index in [0.29, 0.717) is 6.54 Å². The Balaban J connectivity index is 2.20. The zero-order valence-electron chi connectivity index (χ0n) is 10.5. The van der Waals surface area contributed by atoms with Crippen LogP contribution in [0.15, 0.2) is 18.2 Å². The summed E-state index contributed by atoms with van der Waals surface area (Å²) in [5.41, 5.74) is 0.284. The van der Waals surface area contributed by atoms with Gasteiger partial charge in [-0.25, -0.2) is 9.18 Å². The lowest BCUT2D eigenvalue weighted by Crippen LogP contribution is -2.25. The highest BCUT2D eigenvalue weighted by molar-refractivity contribution is 6.01. The van der Waals surface area contributed by atoms with Crippen LogP contribution >= 0.6 is 0 Å². The van der Waals surface area contributed by atoms with Gasteiger partial charge in [0.15, 0.2) is 0 Å². The quantitative estimate of drug-likeness (QED) is 0.806. The molecular weight excluding hydrogens is 251 g/mol. The molecule has 1 aromatic carbocycles. The Morgan fingerprint density at radius 1 is 1.47 bits per heavy atom. The molecule has 0 aliphatic carbocycles. The van der Waals surface area contributed by atoms with Crippen molar-refractivity contribution in [2.24, 2.45) is 5.92 Å². The van der Waals surface area contributed by atoms with Crippen LogP contribution < -0.4 is 10.6 Å². The second-order valence-corrected chi connectivity index (χ2v) is 4.36. The van der Waals surface area contributed by atoms with E-state index in [1.165, 1.54) is 13.2 Å². The Kier molecular flexibility index (Phi) is 4.11. The number of esters is 1. The second-order valence-electron chi connectivity index (χ2n) is 4.36. The molecule has 2 N–H and O–H groups in total. The Morgan fingerprint density at radius 2 is 2.26 bits per heavy atom. The molecule has 1 aliphatic rings. The molecule has 6 heteroatoms. The number of anilines is 1. The Morgan fingerprint density at radius 3 is 2.89 bits per heavy atom. The first kappa shape index (κ1) is 13.5. The third-order valence-corrected chi connectivity index (χ3v) is 3.08. The van der Waals surface area contributed by atoms with Gasteiger partial charge >= 0.3 is 5.97 Å². The smallest absolute Gasteiger partial charge is 0.339 e. The number of halogens is 1. The molecule has 0 aromatic heterocycles. The minimum absolute atomic E-state index is 0.142. The van der Waals surface area contributed by atoms with Gasteiger partial charge in [-0.2, -0.15) is 0 Å². The van der Waals surface area contributed by atoms with Gasteiger partial charge in [-0.1, -0.05) is 0 Å². The molecule has 1 heterocycles. The van der Waals surface area contributed by atoms with Gasteiger partial charge in [-0.15, -0.1) is 0 Å². The molecule has 102 valence electrons. The van der Waals surface area contributed by atoms with Crippen molar-refractivity contribution in [3.63, 3.8) is 0 Å². The van der Waals surface area contributed by atoms with Gasteiger partial charge in [0.25, 0.3) is 0 Å². The average molecular weight is 266 g/mol. The first-order valence-electron chi connectivity index (χ1n) is 6.01. The molecule has 1 atom stereocenters. The number of carbonyl (C=O) groups excluding carboxylic acids is 2. The molecule has 19 heavy (non-hydrogen) atoms. The van der Waals surface area contributed by atoms with Crippen molar-refractivity contribution in [2.75, 3.05) is 25.5 Å². The van der Waals surface area contributed by atoms with E-state index >= 15 is 0 Å². The van der Waals surface area contributed by atoms with E-state index < -0.39 is 11.8 Å². The van der Waals surface area contributed by atoms with E-state index in [4.69, 9.17) is 0 Å². The van der Waals surface area contributed by atoms with E-state index in [1.807, 2.05) is 0 Å². The van der Waals surface area contributed by atoms with Crippen LogP contribution in [-0.2, 0) is 9.53 Å². The largest absolute Gasteiger partial charge is 0.465 e. The summed E-state index contributed by atoms with van der Waals surface area (Å²) in [5, 5.41) is 5.66. The maximum Gasteiger partial charge on any atom is 0.339 e. The van der Waals surface area contributed by atoms with Gasteiger partial charge in [0.05, 0.1) is 24.3 Å². The highest BCUT2D eigenvalue weighted by Crippen LogP contribution is 2.20. The first-order valence-corrected chi connectivity index (χ1v) is 6.01. The van der Waals surface area contributed by atoms with Crippen molar-refractivity contribution in [3.05, 3.63) is 29.6 Å². The maximum atomic E-state index is 13.2. The summed E-state index contributed by atoms with van der Waals surface area (Å²) < 4.78 is 17.8. The number of carbonyl (C=O) groups is 2. The average Bonchev–Trinajstić information content (AvgIpc) is 2.92. The predicted molar refractivity (Wildman–Crippen MR) is 67.3 cm³/mol. The number of ether oxygens (including phenoxy) is 1. The standard InChI is InChI=1S/C13H15FN2O3/c1-19-13(18)10-3-2-9(14)6-11(10)16-12(17)8-4-5-15-7-8/h2-3,6,8,15H,4-5,7H2,1H3,(H,16,17). The number of hydrogen-bond donors (Lipinski definition) is 2. The lowest BCUT2D eigenvalue weighted by molar-refractivity contribution is -0.119. The van der Waals surface area contributed by atoms with Crippen molar-refractivity contribution in [1.29, 1.82) is 0 Å². The molecule has 1 unspecified atom stereocenters. The van der Waals surface area contributed by atoms with Gasteiger partial charge in [0.2, 0.25) is 5.91 Å². The van der Waals surface area contributed by atoms with Crippen molar-refractivity contribution in [3.8, 4) is 0 Å². The Bertz CT molecular complexity index is 499. The fraction of sp³-hybridized carbons (Fsp3) is 0.385. The predicted octanol–water partition coefficient (Wildman–Crippen LogP) is 1.16. The van der Waals surface area contributed by atoms with Gasteiger partial charge < -0.3 is 15.4 Å². The third-order valence-electron chi connectivity index (χ3n) is 3.08. The normalized spacial score (nSPS) is 18.1. The Labute approximate surface area is 110 Å². The molecule has 1 fully saturated rings. The summed E-state index contributed by atoms with van der Waals surface area (Å²) >= 11 is 0. The van der Waals surface area contributed by atoms with Crippen LogP contribution in [0.4, 0.5) is 10.1 Å². The lowest BCUT2D eigenvalue weighted by Gasteiger charge is -2.12. The van der Waals surface area contributed by atoms with E-state index in [-0.39, 0.29) is 23.1 Å². The summed E-state index contributed by atoms with van der Waals surface area (Å²) in [6.07, 6.45) is 0.731. The highest BCUT2D eigenvalue weighted by atomic mass is 19.1. The summed E-state index contributed by atoms with van der Waals surface area (Å²) in [6, 6.07) is 3.56. The SMILES string of the molecule is COC(=O)c1ccc(F)cc1NC(=O)C1CCNC1. The summed E-state index contributed by atoms with van der Waals surface area (Å²) in [7, 11) is 1.23. The number of hydrogen-bond acceptors (Lipinski definition) is 4. The number of methoxy groups -OCH3 is 1. The molecule has 2 rings (SSSR count). The van der Waals surface area contributed by atoms with Gasteiger partial charge in [0, 0.05) is 6.54 Å². The minimum Gasteiger partial charge on any atom is -0.465 e. The zero-order valence-corrected chi connectivity index (χ0v) is 10.5. The van der Waals surface area contributed by atoms with Crippen LogP contribution in [0.1, 0.15) is 16.8 Å². The van der Waals surface area contributed by atoms with Crippen LogP contribution in [0.3, 0.4) is 0 Å². The summed E-state index contributed by atoms with van der Waals surface area (Å²) in [6.45, 7) is 1.37. The molecular formula is C13H15FN2O3. The number of nitrogens with one attached hydrogen (secondary N) is 2. The lowest BCUT2D eigenvalue weighted by atomic mass is 10.1. The molecule has 1 aliphatic heterocycles. The molecule has 0 radical (unpaired) electrons. The fourth-order valence-electron chi connectivity index (χ4n) is 2.02. The zero-order chi connectivity index (χ0) is 13.8. The van der Waals surface area contributed by atoms with Crippen LogP contribution in [0.2, 0.25) is 0 Å². The van der Waals surface area contributed by atoms with Gasteiger partial charge in [-0.3, -0.25) is 4.79 Å². The Hall–Kier alpha value is -1.95. The van der Waals surface area contributed by atoms with E-state index in [1.54, 1.807) is 0 Å². The van der Waals surface area contributed by atoms with Crippen molar-refractivity contribution in [1.82, 2.24) is 5.32 Å². The van der Waals surface area contributed by atoms with Gasteiger partial charge in [0.1, 0.15) is 5.82 Å². The van der Waals surface area contributed by atoms with Crippen molar-refractivity contribution >= 4 is 17.6 Å². The molecule has 1 aromatic rings. The molecule has 1 amide bonds.